The minimum Gasteiger partial charge on any atom is -0.391 e. The van der Waals surface area contributed by atoms with Crippen molar-refractivity contribution in [1.29, 1.82) is 0 Å². The number of rotatable bonds is 8. The number of β-amino-alcohol motifs (C(OH)–C–C–N with tert-alkyl or cyclic N) is 1. The number of aryl methyl sites for hydroxylation is 2. The van der Waals surface area contributed by atoms with Gasteiger partial charge in [0.1, 0.15) is 12.1 Å². The van der Waals surface area contributed by atoms with Crippen LogP contribution in [0.4, 0.5) is 5.69 Å². The first-order valence-corrected chi connectivity index (χ1v) is 14.9. The molecule has 2 saturated carbocycles. The molecule has 3 N–H and O–H groups in total. The monoisotopic (exact) mass is 564 g/mol. The summed E-state index contributed by atoms with van der Waals surface area (Å²) in [6.07, 6.45) is 6.56. The number of aliphatic hydroxyl groups excluding tert-OH is 1. The van der Waals surface area contributed by atoms with Crippen molar-refractivity contribution in [2.45, 2.75) is 104 Å². The zero-order valence-corrected chi connectivity index (χ0v) is 24.9. The molecule has 0 unspecified atom stereocenters. The van der Waals surface area contributed by atoms with E-state index in [1.807, 2.05) is 59.0 Å². The van der Waals surface area contributed by atoms with Crippen molar-refractivity contribution < 1.29 is 19.5 Å². The number of amides is 3. The third-order valence-electron chi connectivity index (χ3n) is 9.12. The smallest absolute Gasteiger partial charge is 0.248 e. The Morgan fingerprint density at radius 2 is 1.83 bits per heavy atom. The highest BCUT2D eigenvalue weighted by Gasteiger charge is 2.47. The molecule has 222 valence electrons. The average molecular weight is 565 g/mol. The number of likely N-dealkylation sites (tertiary alicyclic amines) is 1. The van der Waals surface area contributed by atoms with Crippen LogP contribution >= 0.6 is 0 Å². The van der Waals surface area contributed by atoms with Gasteiger partial charge in [0.15, 0.2) is 0 Å². The van der Waals surface area contributed by atoms with Gasteiger partial charge >= 0.3 is 0 Å². The molecule has 2 aliphatic carbocycles. The summed E-state index contributed by atoms with van der Waals surface area (Å²) in [6.45, 7) is 10.2. The van der Waals surface area contributed by atoms with Crippen molar-refractivity contribution >= 4 is 23.4 Å². The molecular formula is C31H44N6O4. The Labute approximate surface area is 242 Å². The Kier molecular flexibility index (Phi) is 7.98. The lowest BCUT2D eigenvalue weighted by molar-refractivity contribution is -0.144. The molecule has 1 saturated heterocycles. The second-order valence-electron chi connectivity index (χ2n) is 13.5. The van der Waals surface area contributed by atoms with Crippen LogP contribution in [0, 0.1) is 24.7 Å². The van der Waals surface area contributed by atoms with E-state index in [2.05, 4.69) is 20.9 Å². The van der Waals surface area contributed by atoms with E-state index in [-0.39, 0.29) is 37.2 Å². The Morgan fingerprint density at radius 3 is 2.46 bits per heavy atom. The zero-order valence-electron chi connectivity index (χ0n) is 24.9. The summed E-state index contributed by atoms with van der Waals surface area (Å²) < 4.78 is 1.63. The molecule has 3 atom stereocenters. The lowest BCUT2D eigenvalue weighted by atomic mass is 9.84. The molecule has 0 spiro atoms. The zero-order chi connectivity index (χ0) is 29.5. The number of carbonyl (C=O) groups excluding carboxylic acids is 3. The second-order valence-corrected chi connectivity index (χ2v) is 13.5. The number of nitrogens with one attached hydrogen (secondary N) is 2. The first-order valence-electron chi connectivity index (χ1n) is 14.9. The fraction of sp³-hybridized carbons (Fsp3) is 0.645. The molecule has 10 heteroatoms. The molecular weight excluding hydrogens is 520 g/mol. The van der Waals surface area contributed by atoms with Crippen LogP contribution in [-0.4, -0.2) is 68.0 Å². The van der Waals surface area contributed by atoms with E-state index in [0.717, 1.165) is 48.2 Å². The molecule has 5 rings (SSSR count). The summed E-state index contributed by atoms with van der Waals surface area (Å²) in [6, 6.07) is 4.36. The van der Waals surface area contributed by atoms with E-state index in [0.29, 0.717) is 18.8 Å². The average Bonchev–Trinajstić information content (AvgIpc) is 3.27. The van der Waals surface area contributed by atoms with E-state index in [9.17, 15) is 19.5 Å². The van der Waals surface area contributed by atoms with Gasteiger partial charge in [-0.05, 0) is 68.2 Å². The number of anilines is 1. The van der Waals surface area contributed by atoms with Gasteiger partial charge in [-0.3, -0.25) is 14.4 Å². The second kappa shape index (κ2) is 11.2. The van der Waals surface area contributed by atoms with Crippen LogP contribution in [0.3, 0.4) is 0 Å². The van der Waals surface area contributed by atoms with Gasteiger partial charge in [-0.1, -0.05) is 44.9 Å². The summed E-state index contributed by atoms with van der Waals surface area (Å²) in [5.41, 5.74) is 2.68. The van der Waals surface area contributed by atoms with E-state index in [4.69, 9.17) is 0 Å². The van der Waals surface area contributed by atoms with Crippen molar-refractivity contribution in [3.05, 3.63) is 41.2 Å². The molecule has 2 aromatic rings. The van der Waals surface area contributed by atoms with E-state index >= 15 is 0 Å². The van der Waals surface area contributed by atoms with Crippen LogP contribution in [0.2, 0.25) is 0 Å². The maximum atomic E-state index is 14.0. The third-order valence-corrected chi connectivity index (χ3v) is 9.12. The predicted octanol–water partition coefficient (Wildman–Crippen LogP) is 3.64. The fourth-order valence-electron chi connectivity index (χ4n) is 6.32. The SMILES string of the molecule is Cc1ccc(NC(=O)C2(CNC(=O)[C@@H]3C[C@@H](O)CN3C(=O)[C@@H](n3cc(C4CC4)nn3)C(C)(C)C)CCCC2)cc1C. The number of hydrogen-bond acceptors (Lipinski definition) is 6. The lowest BCUT2D eigenvalue weighted by Crippen LogP contribution is -2.52. The summed E-state index contributed by atoms with van der Waals surface area (Å²) in [5.74, 6) is -0.292. The largest absolute Gasteiger partial charge is 0.391 e. The molecule has 10 nitrogen and oxygen atoms in total. The molecule has 1 aliphatic heterocycles. The number of aliphatic hydroxyl groups is 1. The quantitative estimate of drug-likeness (QED) is 0.449. The maximum Gasteiger partial charge on any atom is 0.248 e. The number of carbonyl (C=O) groups is 3. The summed E-state index contributed by atoms with van der Waals surface area (Å²) in [7, 11) is 0. The minimum atomic E-state index is -0.824. The molecule has 3 fully saturated rings. The van der Waals surface area contributed by atoms with Crippen LogP contribution in [0.15, 0.2) is 24.4 Å². The van der Waals surface area contributed by atoms with E-state index in [1.165, 1.54) is 4.90 Å². The van der Waals surface area contributed by atoms with Crippen molar-refractivity contribution in [2.24, 2.45) is 10.8 Å². The predicted molar refractivity (Wildman–Crippen MR) is 155 cm³/mol. The topological polar surface area (TPSA) is 129 Å². The Bertz CT molecular complexity index is 1300. The number of benzene rings is 1. The van der Waals surface area contributed by atoms with E-state index < -0.39 is 29.0 Å². The molecule has 0 bridgehead atoms. The molecule has 0 radical (unpaired) electrons. The lowest BCUT2D eigenvalue weighted by Gasteiger charge is -2.35. The molecule has 2 heterocycles. The van der Waals surface area contributed by atoms with Crippen LogP contribution in [0.1, 0.15) is 94.5 Å². The van der Waals surface area contributed by atoms with Gasteiger partial charge in [-0.15, -0.1) is 5.10 Å². The van der Waals surface area contributed by atoms with Crippen LogP contribution in [0.5, 0.6) is 0 Å². The van der Waals surface area contributed by atoms with Crippen LogP contribution in [-0.2, 0) is 14.4 Å². The first kappa shape index (κ1) is 29.2. The Morgan fingerprint density at radius 1 is 1.12 bits per heavy atom. The Hall–Kier alpha value is -3.27. The molecule has 3 aliphatic rings. The maximum absolute atomic E-state index is 14.0. The molecule has 1 aromatic heterocycles. The van der Waals surface area contributed by atoms with Gasteiger partial charge in [0, 0.05) is 37.3 Å². The highest BCUT2D eigenvalue weighted by atomic mass is 16.3. The summed E-state index contributed by atoms with van der Waals surface area (Å²) in [4.78, 5) is 42.6. The Balaban J connectivity index is 1.29. The molecule has 41 heavy (non-hydrogen) atoms. The standard InChI is InChI=1S/C31H44N6O4/c1-19-8-11-22(14-20(19)2)33-29(41)31(12-6-7-13-31)18-32-27(39)25-15-23(38)16-36(25)28(40)26(30(3,4)5)37-17-24(34-35-37)21-9-10-21/h8,11,14,17,21,23,25-26,38H,6-7,9-10,12-13,15-16,18H2,1-5H3,(H,32,39)(H,33,41)/t23-,25+,26-/m1/s1. The van der Waals surface area contributed by atoms with Crippen molar-refractivity contribution in [2.75, 3.05) is 18.4 Å². The van der Waals surface area contributed by atoms with E-state index in [1.54, 1.807) is 4.68 Å². The van der Waals surface area contributed by atoms with Crippen molar-refractivity contribution in [3.63, 3.8) is 0 Å². The minimum absolute atomic E-state index is 0.0755. The summed E-state index contributed by atoms with van der Waals surface area (Å²) >= 11 is 0. The van der Waals surface area contributed by atoms with Crippen LogP contribution in [0.25, 0.3) is 0 Å². The van der Waals surface area contributed by atoms with Gasteiger partial charge in [0.2, 0.25) is 17.7 Å². The van der Waals surface area contributed by atoms with Gasteiger partial charge in [0.05, 0.1) is 17.2 Å². The van der Waals surface area contributed by atoms with Crippen LogP contribution < -0.4 is 10.6 Å². The fourth-order valence-corrected chi connectivity index (χ4v) is 6.32. The van der Waals surface area contributed by atoms with Crippen molar-refractivity contribution in [1.82, 2.24) is 25.2 Å². The normalized spacial score (nSPS) is 22.9. The first-order chi connectivity index (χ1) is 19.4. The van der Waals surface area contributed by atoms with Gasteiger partial charge < -0.3 is 20.6 Å². The highest BCUT2D eigenvalue weighted by Crippen LogP contribution is 2.41. The summed E-state index contributed by atoms with van der Waals surface area (Å²) in [5, 5.41) is 25.2. The van der Waals surface area contributed by atoms with Gasteiger partial charge in [-0.25, -0.2) is 4.68 Å². The number of hydrogen-bond donors (Lipinski definition) is 3. The highest BCUT2D eigenvalue weighted by molar-refractivity contribution is 5.96. The number of nitrogens with zero attached hydrogens (tertiary/aromatic N) is 4. The van der Waals surface area contributed by atoms with Crippen molar-refractivity contribution in [3.8, 4) is 0 Å². The van der Waals surface area contributed by atoms with Gasteiger partial charge in [-0.2, -0.15) is 0 Å². The molecule has 1 aromatic carbocycles. The third kappa shape index (κ3) is 6.17. The number of aromatic nitrogens is 3. The van der Waals surface area contributed by atoms with Gasteiger partial charge in [0.25, 0.3) is 0 Å². The molecule has 3 amide bonds.